The van der Waals surface area contributed by atoms with Crippen LogP contribution in [0.2, 0.25) is 0 Å². The van der Waals surface area contributed by atoms with E-state index in [-0.39, 0.29) is 10.9 Å². The first kappa shape index (κ1) is 32.5. The number of para-hydroxylation sites is 4. The van der Waals surface area contributed by atoms with Gasteiger partial charge >= 0.3 is 0 Å². The second kappa shape index (κ2) is 13.9. The molecule has 0 saturated heterocycles. The average Bonchev–Trinajstić information content (AvgIpc) is 3.23. The van der Waals surface area contributed by atoms with E-state index in [1.54, 1.807) is 24.3 Å². The Morgan fingerprint density at radius 2 is 0.593 bits per heavy atom. The Morgan fingerprint density at radius 1 is 0.315 bits per heavy atom. The third-order valence-corrected chi connectivity index (χ3v) is 9.71. The highest BCUT2D eigenvalue weighted by Crippen LogP contribution is 2.37. The quantitative estimate of drug-likeness (QED) is 0.155. The Kier molecular flexibility index (Phi) is 8.38. The van der Waals surface area contributed by atoms with Gasteiger partial charge in [0.2, 0.25) is 0 Å². The Balaban J connectivity index is 1.04. The van der Waals surface area contributed by atoms with E-state index in [9.17, 15) is 9.59 Å². The van der Waals surface area contributed by atoms with Crippen LogP contribution in [0.4, 0.5) is 34.1 Å². The third kappa shape index (κ3) is 6.22. The van der Waals surface area contributed by atoms with Gasteiger partial charge in [-0.1, -0.05) is 97.1 Å². The van der Waals surface area contributed by atoms with Crippen molar-refractivity contribution in [3.63, 3.8) is 0 Å². The van der Waals surface area contributed by atoms with Gasteiger partial charge in [0, 0.05) is 68.4 Å². The normalized spacial score (nSPS) is 11.1. The van der Waals surface area contributed by atoms with E-state index in [1.165, 1.54) is 0 Å². The number of H-pyrrole nitrogens is 2. The Labute approximate surface area is 311 Å². The molecule has 54 heavy (non-hydrogen) atoms. The van der Waals surface area contributed by atoms with Gasteiger partial charge in [0.25, 0.3) is 0 Å². The first-order chi connectivity index (χ1) is 26.6. The lowest BCUT2D eigenvalue weighted by molar-refractivity contribution is 1.28. The summed E-state index contributed by atoms with van der Waals surface area (Å²) >= 11 is 0. The van der Waals surface area contributed by atoms with E-state index in [4.69, 9.17) is 0 Å². The Morgan fingerprint density at radius 3 is 0.889 bits per heavy atom. The van der Waals surface area contributed by atoms with Crippen LogP contribution in [0.25, 0.3) is 44.3 Å². The zero-order valence-corrected chi connectivity index (χ0v) is 29.2. The second-order valence-corrected chi connectivity index (χ2v) is 13.1. The molecule has 0 aliphatic carbocycles. The second-order valence-electron chi connectivity index (χ2n) is 13.1. The van der Waals surface area contributed by atoms with Crippen LogP contribution in [0.5, 0.6) is 0 Å². The minimum atomic E-state index is -0.127. The predicted molar refractivity (Wildman–Crippen MR) is 223 cm³/mol. The van der Waals surface area contributed by atoms with Crippen molar-refractivity contribution < 1.29 is 0 Å². The molecule has 2 aromatic heterocycles. The van der Waals surface area contributed by atoms with Gasteiger partial charge in [-0.05, 0) is 96.1 Å². The molecule has 9 aromatic rings. The van der Waals surface area contributed by atoms with Crippen molar-refractivity contribution in [2.45, 2.75) is 0 Å². The molecule has 0 unspecified atom stereocenters. The van der Waals surface area contributed by atoms with Crippen molar-refractivity contribution >= 4 is 55.9 Å². The summed E-state index contributed by atoms with van der Waals surface area (Å²) in [6.45, 7) is 0. The molecule has 0 radical (unpaired) electrons. The van der Waals surface area contributed by atoms with Gasteiger partial charge in [0.15, 0.2) is 10.9 Å². The maximum absolute atomic E-state index is 13.6. The van der Waals surface area contributed by atoms with Crippen LogP contribution in [-0.4, -0.2) is 9.97 Å². The molecule has 6 nitrogen and oxygen atoms in total. The summed E-state index contributed by atoms with van der Waals surface area (Å²) in [5.74, 6) is 0. The Bertz CT molecular complexity index is 2560. The van der Waals surface area contributed by atoms with Gasteiger partial charge in [-0.25, -0.2) is 0 Å². The highest BCUT2D eigenvalue weighted by atomic mass is 16.1. The van der Waals surface area contributed by atoms with Gasteiger partial charge in [0.1, 0.15) is 0 Å². The standard InChI is InChI=1S/C48H34N4O2/c53-47-31-43(33-21-25-39(26-22-33)51(35-13-5-1-6-14-35)36-15-7-2-8-16-36)49-45-29-42-46(30-41(45)47)50-44(32-48(42)54)34-23-27-40(28-24-34)52(37-17-9-3-10-18-37)38-19-11-4-12-20-38/h1-32H,(H,49,53)(H,50,54). The fourth-order valence-electron chi connectivity index (χ4n) is 7.09. The van der Waals surface area contributed by atoms with E-state index < -0.39 is 0 Å². The SMILES string of the molecule is O=c1cc(-c2ccc(N(c3ccccc3)c3ccccc3)cc2)[nH]c2cc3c(=O)cc(-c4ccc(N(c5ccccc5)c5ccccc5)cc4)[nH]c3cc12. The molecular weight excluding hydrogens is 665 g/mol. The van der Waals surface area contributed by atoms with Crippen LogP contribution in [0.1, 0.15) is 0 Å². The minimum Gasteiger partial charge on any atom is -0.354 e. The fraction of sp³-hybridized carbons (Fsp3) is 0. The molecule has 0 bridgehead atoms. The number of hydrogen-bond donors (Lipinski definition) is 2. The largest absolute Gasteiger partial charge is 0.354 e. The van der Waals surface area contributed by atoms with E-state index in [0.29, 0.717) is 33.2 Å². The van der Waals surface area contributed by atoms with E-state index in [1.807, 2.05) is 97.1 Å². The molecule has 0 saturated carbocycles. The first-order valence-electron chi connectivity index (χ1n) is 17.8. The van der Waals surface area contributed by atoms with E-state index in [2.05, 4.69) is 92.6 Å². The molecular formula is C48H34N4O2. The molecule has 2 N–H and O–H groups in total. The van der Waals surface area contributed by atoms with Crippen LogP contribution >= 0.6 is 0 Å². The maximum Gasteiger partial charge on any atom is 0.190 e. The topological polar surface area (TPSA) is 72.2 Å². The van der Waals surface area contributed by atoms with Crippen LogP contribution in [-0.2, 0) is 0 Å². The number of benzene rings is 7. The van der Waals surface area contributed by atoms with E-state index in [0.717, 1.165) is 45.3 Å². The minimum absolute atomic E-state index is 0.127. The van der Waals surface area contributed by atoms with Gasteiger partial charge in [-0.15, -0.1) is 0 Å². The number of aromatic amines is 2. The van der Waals surface area contributed by atoms with Crippen LogP contribution < -0.4 is 20.7 Å². The summed E-state index contributed by atoms with van der Waals surface area (Å²) < 4.78 is 0. The number of hydrogen-bond acceptors (Lipinski definition) is 4. The summed E-state index contributed by atoms with van der Waals surface area (Å²) in [5.41, 5.74) is 10.2. The summed E-state index contributed by atoms with van der Waals surface area (Å²) in [6.07, 6.45) is 0. The first-order valence-corrected chi connectivity index (χ1v) is 17.8. The van der Waals surface area contributed by atoms with Crippen molar-refractivity contribution in [1.82, 2.24) is 9.97 Å². The van der Waals surface area contributed by atoms with Crippen molar-refractivity contribution in [2.24, 2.45) is 0 Å². The molecule has 0 atom stereocenters. The highest BCUT2D eigenvalue weighted by molar-refractivity contribution is 5.96. The summed E-state index contributed by atoms with van der Waals surface area (Å²) in [6, 6.07) is 64.0. The molecule has 0 amide bonds. The van der Waals surface area contributed by atoms with Gasteiger partial charge in [-0.3, -0.25) is 9.59 Å². The predicted octanol–water partition coefficient (Wildman–Crippen LogP) is 11.6. The van der Waals surface area contributed by atoms with Gasteiger partial charge in [-0.2, -0.15) is 0 Å². The highest BCUT2D eigenvalue weighted by Gasteiger charge is 2.15. The van der Waals surface area contributed by atoms with Crippen LogP contribution in [0.3, 0.4) is 0 Å². The van der Waals surface area contributed by atoms with Crippen LogP contribution in [0.15, 0.2) is 204 Å². The monoisotopic (exact) mass is 698 g/mol. The molecule has 0 aliphatic heterocycles. The van der Waals surface area contributed by atoms with Crippen molar-refractivity contribution in [2.75, 3.05) is 9.80 Å². The zero-order valence-electron chi connectivity index (χ0n) is 29.2. The average molecular weight is 699 g/mol. The molecule has 7 aromatic carbocycles. The number of rotatable bonds is 8. The Hall–Kier alpha value is -7.44. The fourth-order valence-corrected chi connectivity index (χ4v) is 7.09. The lowest BCUT2D eigenvalue weighted by Gasteiger charge is -2.25. The lowest BCUT2D eigenvalue weighted by atomic mass is 10.0. The molecule has 0 fully saturated rings. The smallest absolute Gasteiger partial charge is 0.190 e. The summed E-state index contributed by atoms with van der Waals surface area (Å²) in [5, 5.41) is 1.01. The number of nitrogens with zero attached hydrogens (tertiary/aromatic N) is 2. The molecule has 2 heterocycles. The van der Waals surface area contributed by atoms with Crippen molar-refractivity contribution in [1.29, 1.82) is 0 Å². The number of pyridine rings is 2. The number of nitrogens with one attached hydrogen (secondary N) is 2. The van der Waals surface area contributed by atoms with Gasteiger partial charge in [0.05, 0.1) is 11.0 Å². The molecule has 6 heteroatoms. The molecule has 0 aliphatic rings. The number of anilines is 6. The summed E-state index contributed by atoms with van der Waals surface area (Å²) in [4.78, 5) is 38.5. The van der Waals surface area contributed by atoms with Crippen molar-refractivity contribution in [3.05, 3.63) is 215 Å². The summed E-state index contributed by atoms with van der Waals surface area (Å²) in [7, 11) is 0. The third-order valence-electron chi connectivity index (χ3n) is 9.71. The van der Waals surface area contributed by atoms with Crippen molar-refractivity contribution in [3.8, 4) is 22.5 Å². The number of aromatic nitrogens is 2. The van der Waals surface area contributed by atoms with Crippen LogP contribution in [0, 0.1) is 0 Å². The maximum atomic E-state index is 13.6. The molecule has 0 spiro atoms. The van der Waals surface area contributed by atoms with E-state index >= 15 is 0 Å². The van der Waals surface area contributed by atoms with Gasteiger partial charge < -0.3 is 19.8 Å². The number of fused-ring (bicyclic) bond motifs is 2. The zero-order chi connectivity index (χ0) is 36.4. The molecule has 9 rings (SSSR count). The lowest BCUT2D eigenvalue weighted by Crippen LogP contribution is -2.10. The molecule has 258 valence electrons.